The number of carbonyl (C=O) groups excluding carboxylic acids is 1. The highest BCUT2D eigenvalue weighted by Gasteiger charge is 2.19. The lowest BCUT2D eigenvalue weighted by Gasteiger charge is -2.20. The van der Waals surface area contributed by atoms with Crippen LogP contribution in [-0.2, 0) is 4.79 Å². The molecule has 1 saturated heterocycles. The molecule has 0 aliphatic carbocycles. The highest BCUT2D eigenvalue weighted by molar-refractivity contribution is 5.76. The minimum atomic E-state index is 0.133. The molecule has 4 heteroatoms. The first-order chi connectivity index (χ1) is 7.61. The van der Waals surface area contributed by atoms with Crippen molar-refractivity contribution in [2.75, 3.05) is 13.1 Å². The maximum atomic E-state index is 11.7. The minimum absolute atomic E-state index is 0.133. The van der Waals surface area contributed by atoms with Gasteiger partial charge in [-0.1, -0.05) is 13.8 Å². The highest BCUT2D eigenvalue weighted by Crippen LogP contribution is 2.09. The molecule has 16 heavy (non-hydrogen) atoms. The topological polar surface area (TPSA) is 67.1 Å². The van der Waals surface area contributed by atoms with Crippen molar-refractivity contribution in [3.63, 3.8) is 0 Å². The van der Waals surface area contributed by atoms with Crippen molar-refractivity contribution < 1.29 is 4.79 Å². The van der Waals surface area contributed by atoms with Gasteiger partial charge in [0.25, 0.3) is 0 Å². The van der Waals surface area contributed by atoms with Gasteiger partial charge in [-0.05, 0) is 31.7 Å². The van der Waals surface area contributed by atoms with Gasteiger partial charge in [0.05, 0.1) is 0 Å². The van der Waals surface area contributed by atoms with Crippen LogP contribution in [0.25, 0.3) is 0 Å². The number of amides is 1. The fraction of sp³-hybridized carbons (Fsp3) is 0.917. The predicted molar refractivity (Wildman–Crippen MR) is 66.1 cm³/mol. The van der Waals surface area contributed by atoms with E-state index in [0.29, 0.717) is 24.9 Å². The van der Waals surface area contributed by atoms with E-state index >= 15 is 0 Å². The molecule has 1 rings (SSSR count). The average molecular weight is 227 g/mol. The summed E-state index contributed by atoms with van der Waals surface area (Å²) in [5.74, 6) is 0.703. The number of nitrogens with two attached hydrogens (primary N) is 1. The standard InChI is InChI=1S/C12H25N3O/c1-9(2)6-11(8-13)15-12(16)7-10-4-3-5-14-10/h9-11,14H,3-8,13H2,1-2H3,(H,15,16). The quantitative estimate of drug-likeness (QED) is 0.623. The average Bonchev–Trinajstić information content (AvgIpc) is 2.68. The molecule has 94 valence electrons. The zero-order chi connectivity index (χ0) is 12.0. The second-order valence-corrected chi connectivity index (χ2v) is 5.13. The molecule has 0 bridgehead atoms. The maximum absolute atomic E-state index is 11.7. The second kappa shape index (κ2) is 6.86. The summed E-state index contributed by atoms with van der Waals surface area (Å²) in [5, 5.41) is 6.35. The van der Waals surface area contributed by atoms with Crippen LogP contribution in [0.3, 0.4) is 0 Å². The maximum Gasteiger partial charge on any atom is 0.221 e. The van der Waals surface area contributed by atoms with Gasteiger partial charge >= 0.3 is 0 Å². The third-order valence-corrected chi connectivity index (χ3v) is 3.00. The van der Waals surface area contributed by atoms with E-state index in [1.165, 1.54) is 6.42 Å². The third-order valence-electron chi connectivity index (χ3n) is 3.00. The van der Waals surface area contributed by atoms with Crippen LogP contribution in [-0.4, -0.2) is 31.1 Å². The van der Waals surface area contributed by atoms with Crippen molar-refractivity contribution in [3.05, 3.63) is 0 Å². The van der Waals surface area contributed by atoms with E-state index in [1.54, 1.807) is 0 Å². The van der Waals surface area contributed by atoms with Crippen molar-refractivity contribution in [2.45, 2.75) is 51.6 Å². The van der Waals surface area contributed by atoms with E-state index in [2.05, 4.69) is 24.5 Å². The Bertz CT molecular complexity index is 212. The van der Waals surface area contributed by atoms with Gasteiger partial charge in [0.15, 0.2) is 0 Å². The van der Waals surface area contributed by atoms with Crippen molar-refractivity contribution >= 4 is 5.91 Å². The van der Waals surface area contributed by atoms with E-state index in [1.807, 2.05) is 0 Å². The van der Waals surface area contributed by atoms with Crippen LogP contribution in [0, 0.1) is 5.92 Å². The van der Waals surface area contributed by atoms with Gasteiger partial charge in [-0.25, -0.2) is 0 Å². The largest absolute Gasteiger partial charge is 0.352 e. The lowest BCUT2D eigenvalue weighted by atomic mass is 10.0. The molecule has 0 aromatic carbocycles. The Kier molecular flexibility index (Phi) is 5.77. The first-order valence-electron chi connectivity index (χ1n) is 6.34. The highest BCUT2D eigenvalue weighted by atomic mass is 16.1. The van der Waals surface area contributed by atoms with Crippen LogP contribution in [0.15, 0.2) is 0 Å². The van der Waals surface area contributed by atoms with Crippen LogP contribution in [0.5, 0.6) is 0 Å². The van der Waals surface area contributed by atoms with Gasteiger partial charge in [-0.2, -0.15) is 0 Å². The lowest BCUT2D eigenvalue weighted by Crippen LogP contribution is -2.43. The van der Waals surface area contributed by atoms with Crippen LogP contribution in [0.4, 0.5) is 0 Å². The zero-order valence-corrected chi connectivity index (χ0v) is 10.5. The molecule has 1 aliphatic rings. The molecule has 4 N–H and O–H groups in total. The Morgan fingerprint density at radius 3 is 2.81 bits per heavy atom. The first kappa shape index (κ1) is 13.5. The molecule has 2 atom stereocenters. The molecule has 4 nitrogen and oxygen atoms in total. The van der Waals surface area contributed by atoms with Gasteiger partial charge in [0.2, 0.25) is 5.91 Å². The normalized spacial score (nSPS) is 22.4. The van der Waals surface area contributed by atoms with Crippen molar-refractivity contribution in [1.82, 2.24) is 10.6 Å². The monoisotopic (exact) mass is 227 g/mol. The summed E-state index contributed by atoms with van der Waals surface area (Å²) in [6, 6.07) is 0.506. The van der Waals surface area contributed by atoms with Crippen LogP contribution < -0.4 is 16.4 Å². The summed E-state index contributed by atoms with van der Waals surface area (Å²) in [6.45, 7) is 5.87. The summed E-state index contributed by atoms with van der Waals surface area (Å²) in [5.41, 5.74) is 5.65. The van der Waals surface area contributed by atoms with E-state index in [9.17, 15) is 4.79 Å². The van der Waals surface area contributed by atoms with Crippen molar-refractivity contribution in [2.24, 2.45) is 11.7 Å². The zero-order valence-electron chi connectivity index (χ0n) is 10.5. The molecule has 1 fully saturated rings. The third kappa shape index (κ3) is 4.94. The lowest BCUT2D eigenvalue weighted by molar-refractivity contribution is -0.122. The molecule has 2 unspecified atom stereocenters. The van der Waals surface area contributed by atoms with Gasteiger partial charge in [-0.3, -0.25) is 4.79 Å². The van der Waals surface area contributed by atoms with Gasteiger partial charge in [0.1, 0.15) is 0 Å². The fourth-order valence-corrected chi connectivity index (χ4v) is 2.22. The smallest absolute Gasteiger partial charge is 0.221 e. The number of rotatable bonds is 6. The van der Waals surface area contributed by atoms with Gasteiger partial charge in [-0.15, -0.1) is 0 Å². The Balaban J connectivity index is 2.24. The summed E-state index contributed by atoms with van der Waals surface area (Å²) in [7, 11) is 0. The van der Waals surface area contributed by atoms with Gasteiger partial charge < -0.3 is 16.4 Å². The van der Waals surface area contributed by atoms with Crippen molar-refractivity contribution in [3.8, 4) is 0 Å². The summed E-state index contributed by atoms with van der Waals surface area (Å²) >= 11 is 0. The number of hydrogen-bond donors (Lipinski definition) is 3. The molecule has 0 aromatic heterocycles. The predicted octanol–water partition coefficient (Wildman–Crippen LogP) is 0.618. The summed E-state index contributed by atoms with van der Waals surface area (Å²) in [6.07, 6.45) is 3.85. The molecule has 0 aromatic rings. The first-order valence-corrected chi connectivity index (χ1v) is 6.34. The SMILES string of the molecule is CC(C)CC(CN)NC(=O)CC1CCCN1. The molecule has 1 aliphatic heterocycles. The van der Waals surface area contributed by atoms with E-state index in [-0.39, 0.29) is 11.9 Å². The molecular weight excluding hydrogens is 202 g/mol. The Morgan fingerprint density at radius 2 is 2.31 bits per heavy atom. The van der Waals surface area contributed by atoms with Gasteiger partial charge in [0, 0.05) is 25.0 Å². The minimum Gasteiger partial charge on any atom is -0.352 e. The van der Waals surface area contributed by atoms with Crippen LogP contribution >= 0.6 is 0 Å². The Morgan fingerprint density at radius 1 is 1.56 bits per heavy atom. The Labute approximate surface area is 98.3 Å². The summed E-state index contributed by atoms with van der Waals surface area (Å²) in [4.78, 5) is 11.7. The molecule has 1 heterocycles. The van der Waals surface area contributed by atoms with E-state index < -0.39 is 0 Å². The molecule has 0 radical (unpaired) electrons. The fourth-order valence-electron chi connectivity index (χ4n) is 2.22. The second-order valence-electron chi connectivity index (χ2n) is 5.13. The number of hydrogen-bond acceptors (Lipinski definition) is 3. The Hall–Kier alpha value is -0.610. The molecular formula is C12H25N3O. The number of carbonyl (C=O) groups is 1. The van der Waals surface area contributed by atoms with Crippen LogP contribution in [0.2, 0.25) is 0 Å². The molecule has 1 amide bonds. The van der Waals surface area contributed by atoms with Crippen LogP contribution in [0.1, 0.15) is 39.5 Å². The number of nitrogens with one attached hydrogen (secondary N) is 2. The summed E-state index contributed by atoms with van der Waals surface area (Å²) < 4.78 is 0. The molecule has 0 saturated carbocycles. The van der Waals surface area contributed by atoms with Crippen molar-refractivity contribution in [1.29, 1.82) is 0 Å². The van der Waals surface area contributed by atoms with E-state index in [4.69, 9.17) is 5.73 Å². The van der Waals surface area contributed by atoms with E-state index in [0.717, 1.165) is 19.4 Å². The molecule has 0 spiro atoms.